The Morgan fingerprint density at radius 2 is 1.78 bits per heavy atom. The number of nitrogens with one attached hydrogen (secondary N) is 1. The second-order valence-electron chi connectivity index (χ2n) is 7.36. The van der Waals surface area contributed by atoms with E-state index in [9.17, 15) is 4.79 Å². The van der Waals surface area contributed by atoms with Gasteiger partial charge in [0.05, 0.1) is 18.5 Å². The second-order valence-corrected chi connectivity index (χ2v) is 8.41. The lowest BCUT2D eigenvalue weighted by atomic mass is 10.1. The zero-order valence-electron chi connectivity index (χ0n) is 18.2. The molecule has 5 nitrogen and oxygen atoms in total. The van der Waals surface area contributed by atoms with E-state index in [1.165, 1.54) is 4.90 Å². The van der Waals surface area contributed by atoms with E-state index >= 15 is 0 Å². The maximum absolute atomic E-state index is 12.7. The predicted molar refractivity (Wildman–Crippen MR) is 128 cm³/mol. The first-order chi connectivity index (χ1) is 15.5. The minimum absolute atomic E-state index is 0.205. The molecule has 0 spiro atoms. The summed E-state index contributed by atoms with van der Waals surface area (Å²) in [6, 6.07) is 23.1. The molecule has 0 aliphatic rings. The third-order valence-corrected chi connectivity index (χ3v) is 6.03. The minimum atomic E-state index is -0.205. The third-order valence-electron chi connectivity index (χ3n) is 5.01. The zero-order chi connectivity index (χ0) is 22.5. The fraction of sp³-hybridized carbons (Fsp3) is 0.154. The standard InChI is InChI=1S/C26H24N2O3S/c1-17-9-14-24(30-3)22(15-17)27-25(29)19-10-12-20(13-11-19)26-28-23(18(2)31-26)16-32-21-7-5-4-6-8-21/h4-15H,16H2,1-3H3,(H,27,29). The van der Waals surface area contributed by atoms with E-state index < -0.39 is 0 Å². The highest BCUT2D eigenvalue weighted by atomic mass is 32.2. The highest BCUT2D eigenvalue weighted by Crippen LogP contribution is 2.28. The number of nitrogens with zero attached hydrogens (tertiary/aromatic N) is 1. The van der Waals surface area contributed by atoms with Crippen LogP contribution in [0, 0.1) is 13.8 Å². The Balaban J connectivity index is 1.46. The van der Waals surface area contributed by atoms with Crippen molar-refractivity contribution in [1.82, 2.24) is 4.98 Å². The molecule has 1 amide bonds. The first-order valence-corrected chi connectivity index (χ1v) is 11.2. The van der Waals surface area contributed by atoms with Crippen LogP contribution in [0.2, 0.25) is 0 Å². The van der Waals surface area contributed by atoms with Crippen molar-refractivity contribution in [3.8, 4) is 17.2 Å². The van der Waals surface area contributed by atoms with Gasteiger partial charge in [-0.15, -0.1) is 11.8 Å². The second kappa shape index (κ2) is 9.75. The predicted octanol–water partition coefficient (Wildman–Crippen LogP) is 6.51. The Kier molecular flexibility index (Phi) is 6.61. The van der Waals surface area contributed by atoms with E-state index in [-0.39, 0.29) is 5.91 Å². The van der Waals surface area contributed by atoms with Crippen LogP contribution in [0.5, 0.6) is 5.75 Å². The summed E-state index contributed by atoms with van der Waals surface area (Å²) in [5, 5.41) is 2.92. The number of ether oxygens (including phenoxy) is 1. The highest BCUT2D eigenvalue weighted by molar-refractivity contribution is 7.98. The van der Waals surface area contributed by atoms with Gasteiger partial charge < -0.3 is 14.5 Å². The maximum Gasteiger partial charge on any atom is 0.255 e. The van der Waals surface area contributed by atoms with E-state index in [1.807, 2.05) is 62.4 Å². The molecule has 3 aromatic carbocycles. The van der Waals surface area contributed by atoms with Gasteiger partial charge in [0.15, 0.2) is 0 Å². The Bertz CT molecular complexity index is 1220. The minimum Gasteiger partial charge on any atom is -0.495 e. The zero-order valence-corrected chi connectivity index (χ0v) is 19.0. The number of thioether (sulfide) groups is 1. The fourth-order valence-electron chi connectivity index (χ4n) is 3.23. The SMILES string of the molecule is COc1ccc(C)cc1NC(=O)c1ccc(-c2nc(CSc3ccccc3)c(C)o2)cc1. The average Bonchev–Trinajstić information content (AvgIpc) is 3.19. The Morgan fingerprint density at radius 1 is 1.03 bits per heavy atom. The Morgan fingerprint density at radius 3 is 2.50 bits per heavy atom. The van der Waals surface area contributed by atoms with E-state index in [2.05, 4.69) is 22.4 Å². The number of hydrogen-bond donors (Lipinski definition) is 1. The molecule has 0 unspecified atom stereocenters. The van der Waals surface area contributed by atoms with E-state index in [4.69, 9.17) is 9.15 Å². The van der Waals surface area contributed by atoms with Crippen molar-refractivity contribution < 1.29 is 13.9 Å². The van der Waals surface area contributed by atoms with Gasteiger partial charge in [-0.2, -0.15) is 0 Å². The smallest absolute Gasteiger partial charge is 0.255 e. The summed E-state index contributed by atoms with van der Waals surface area (Å²) in [6.45, 7) is 3.89. The number of benzene rings is 3. The van der Waals surface area contributed by atoms with E-state index in [0.717, 1.165) is 28.3 Å². The van der Waals surface area contributed by atoms with Gasteiger partial charge in [-0.1, -0.05) is 24.3 Å². The van der Waals surface area contributed by atoms with Gasteiger partial charge in [0.1, 0.15) is 11.5 Å². The molecule has 0 aliphatic heterocycles. The van der Waals surface area contributed by atoms with Crippen molar-refractivity contribution in [3.05, 3.63) is 95.4 Å². The Labute approximate surface area is 191 Å². The summed E-state index contributed by atoms with van der Waals surface area (Å²) in [7, 11) is 1.58. The number of anilines is 1. The molecule has 162 valence electrons. The lowest BCUT2D eigenvalue weighted by molar-refractivity contribution is 0.102. The van der Waals surface area contributed by atoms with Crippen LogP contribution in [0.4, 0.5) is 5.69 Å². The summed E-state index contributed by atoms with van der Waals surface area (Å²) < 4.78 is 11.2. The third kappa shape index (κ3) is 5.03. The molecule has 0 fully saturated rings. The fourth-order valence-corrected chi connectivity index (χ4v) is 4.15. The van der Waals surface area contributed by atoms with Crippen LogP contribution in [0.1, 0.15) is 27.4 Å². The number of hydrogen-bond acceptors (Lipinski definition) is 5. The van der Waals surface area contributed by atoms with Gasteiger partial charge in [0, 0.05) is 21.8 Å². The van der Waals surface area contributed by atoms with Crippen LogP contribution in [0.15, 0.2) is 82.1 Å². The molecule has 6 heteroatoms. The van der Waals surface area contributed by atoms with E-state index in [1.54, 1.807) is 31.0 Å². The normalized spacial score (nSPS) is 10.7. The molecule has 1 aromatic heterocycles. The molecule has 0 aliphatic carbocycles. The van der Waals surface area contributed by atoms with Crippen LogP contribution >= 0.6 is 11.8 Å². The number of amides is 1. The van der Waals surface area contributed by atoms with Crippen LogP contribution in [0.3, 0.4) is 0 Å². The van der Waals surface area contributed by atoms with Crippen LogP contribution < -0.4 is 10.1 Å². The first kappa shape index (κ1) is 21.7. The summed E-state index contributed by atoms with van der Waals surface area (Å²) in [6.07, 6.45) is 0. The molecule has 0 bridgehead atoms. The molecule has 0 radical (unpaired) electrons. The molecule has 1 heterocycles. The molecule has 32 heavy (non-hydrogen) atoms. The quantitative estimate of drug-likeness (QED) is 0.329. The molecule has 4 aromatic rings. The topological polar surface area (TPSA) is 64.4 Å². The monoisotopic (exact) mass is 444 g/mol. The number of carbonyl (C=O) groups excluding carboxylic acids is 1. The first-order valence-electron chi connectivity index (χ1n) is 10.2. The van der Waals surface area contributed by atoms with Gasteiger partial charge in [-0.05, 0) is 67.9 Å². The number of carbonyl (C=O) groups is 1. The molecular weight excluding hydrogens is 420 g/mol. The van der Waals surface area contributed by atoms with Crippen molar-refractivity contribution in [2.75, 3.05) is 12.4 Å². The number of rotatable bonds is 7. The summed E-state index contributed by atoms with van der Waals surface area (Å²) in [5.41, 5.74) is 3.97. The number of methoxy groups -OCH3 is 1. The van der Waals surface area contributed by atoms with Crippen LogP contribution in [-0.4, -0.2) is 18.0 Å². The van der Waals surface area contributed by atoms with E-state index in [0.29, 0.717) is 22.9 Å². The number of aromatic nitrogens is 1. The van der Waals surface area contributed by atoms with Crippen molar-refractivity contribution >= 4 is 23.4 Å². The maximum atomic E-state index is 12.7. The van der Waals surface area contributed by atoms with Gasteiger partial charge >= 0.3 is 0 Å². The van der Waals surface area contributed by atoms with Crippen molar-refractivity contribution in [2.45, 2.75) is 24.5 Å². The average molecular weight is 445 g/mol. The van der Waals surface area contributed by atoms with Crippen molar-refractivity contribution in [3.63, 3.8) is 0 Å². The van der Waals surface area contributed by atoms with Gasteiger partial charge in [0.25, 0.3) is 5.91 Å². The van der Waals surface area contributed by atoms with Crippen LogP contribution in [-0.2, 0) is 5.75 Å². The van der Waals surface area contributed by atoms with Crippen molar-refractivity contribution in [1.29, 1.82) is 0 Å². The molecule has 1 N–H and O–H groups in total. The van der Waals surface area contributed by atoms with Crippen LogP contribution in [0.25, 0.3) is 11.5 Å². The van der Waals surface area contributed by atoms with Gasteiger partial charge in [-0.25, -0.2) is 4.98 Å². The summed E-state index contributed by atoms with van der Waals surface area (Å²) in [4.78, 5) is 18.6. The summed E-state index contributed by atoms with van der Waals surface area (Å²) in [5.74, 6) is 2.51. The van der Waals surface area contributed by atoms with Gasteiger partial charge in [0.2, 0.25) is 5.89 Å². The molecule has 0 saturated carbocycles. The molecule has 0 saturated heterocycles. The highest BCUT2D eigenvalue weighted by Gasteiger charge is 2.14. The molecular formula is C26H24N2O3S. The summed E-state index contributed by atoms with van der Waals surface area (Å²) >= 11 is 1.72. The molecule has 4 rings (SSSR count). The lowest BCUT2D eigenvalue weighted by Crippen LogP contribution is -2.12. The van der Waals surface area contributed by atoms with Crippen molar-refractivity contribution in [2.24, 2.45) is 0 Å². The van der Waals surface area contributed by atoms with Gasteiger partial charge in [-0.3, -0.25) is 4.79 Å². The largest absolute Gasteiger partial charge is 0.495 e. The number of aryl methyl sites for hydroxylation is 2. The number of oxazole rings is 1. The Hall–Kier alpha value is -3.51. The molecule has 0 atom stereocenters. The lowest BCUT2D eigenvalue weighted by Gasteiger charge is -2.11.